The molecule has 0 atom stereocenters. The molecule has 0 spiro atoms. The van der Waals surface area contributed by atoms with Crippen molar-refractivity contribution in [2.24, 2.45) is 0 Å². The maximum Gasteiger partial charge on any atom is 0.307 e. The normalized spacial score (nSPS) is 11.3. The van der Waals surface area contributed by atoms with Crippen LogP contribution < -0.4 is 4.74 Å². The number of aliphatic carboxylic acids is 1. The topological polar surface area (TPSA) is 64.4 Å². The van der Waals surface area contributed by atoms with Crippen LogP contribution in [0.1, 0.15) is 44.0 Å². The van der Waals surface area contributed by atoms with E-state index in [9.17, 15) is 4.79 Å². The second kappa shape index (κ2) is 8.57. The minimum atomic E-state index is -0.876. The molecule has 0 saturated heterocycles. The number of carboxylic acids is 1. The first kappa shape index (κ1) is 19.4. The summed E-state index contributed by atoms with van der Waals surface area (Å²) in [5.74, 6) is -0.293. The standard InChI is InChI=1S/C21H23BrN2O3/c1-3-16(4-2)24-19-10-9-15(22)12-17(19)18(23-24)13-27-20-8-6-5-7-14(20)11-21(25)26/h5-10,12,16H,3-4,11,13H2,1-2H3,(H,25,26). The molecule has 6 heteroatoms. The zero-order valence-corrected chi connectivity index (χ0v) is 17.1. The first-order valence-corrected chi connectivity index (χ1v) is 9.91. The summed E-state index contributed by atoms with van der Waals surface area (Å²) in [6.45, 7) is 4.62. The number of para-hydroxylation sites is 1. The Balaban J connectivity index is 1.94. The minimum Gasteiger partial charge on any atom is -0.487 e. The number of hydrogen-bond donors (Lipinski definition) is 1. The van der Waals surface area contributed by atoms with Crippen molar-refractivity contribution in [3.8, 4) is 5.75 Å². The molecule has 0 aliphatic carbocycles. The molecule has 2 aromatic carbocycles. The highest BCUT2D eigenvalue weighted by atomic mass is 79.9. The third kappa shape index (κ3) is 4.33. The van der Waals surface area contributed by atoms with Crippen LogP contribution in [0.25, 0.3) is 10.9 Å². The average molecular weight is 431 g/mol. The Morgan fingerprint density at radius 1 is 1.22 bits per heavy atom. The number of carboxylic acid groups (broad SMARTS) is 1. The lowest BCUT2D eigenvalue weighted by molar-refractivity contribution is -0.136. The van der Waals surface area contributed by atoms with Gasteiger partial charge in [-0.2, -0.15) is 5.10 Å². The summed E-state index contributed by atoms with van der Waals surface area (Å²) in [5.41, 5.74) is 2.60. The van der Waals surface area contributed by atoms with E-state index in [0.29, 0.717) is 17.4 Å². The van der Waals surface area contributed by atoms with Gasteiger partial charge in [0.1, 0.15) is 18.1 Å². The quantitative estimate of drug-likeness (QED) is 0.521. The van der Waals surface area contributed by atoms with Crippen LogP contribution in [0, 0.1) is 0 Å². The fourth-order valence-electron chi connectivity index (χ4n) is 3.30. The van der Waals surface area contributed by atoms with Gasteiger partial charge in [-0.25, -0.2) is 0 Å². The predicted molar refractivity (Wildman–Crippen MR) is 109 cm³/mol. The first-order chi connectivity index (χ1) is 13.0. The summed E-state index contributed by atoms with van der Waals surface area (Å²) in [6.07, 6.45) is 1.95. The van der Waals surface area contributed by atoms with Gasteiger partial charge in [0.15, 0.2) is 0 Å². The van der Waals surface area contributed by atoms with Crippen molar-refractivity contribution in [2.75, 3.05) is 0 Å². The number of benzene rings is 2. The second-order valence-electron chi connectivity index (χ2n) is 6.49. The lowest BCUT2D eigenvalue weighted by Crippen LogP contribution is -2.09. The smallest absolute Gasteiger partial charge is 0.307 e. The van der Waals surface area contributed by atoms with Crippen LogP contribution in [0.15, 0.2) is 46.9 Å². The van der Waals surface area contributed by atoms with Crippen LogP contribution >= 0.6 is 15.9 Å². The van der Waals surface area contributed by atoms with Gasteiger partial charge in [-0.3, -0.25) is 9.48 Å². The molecule has 27 heavy (non-hydrogen) atoms. The number of hydrogen-bond acceptors (Lipinski definition) is 3. The van der Waals surface area contributed by atoms with Gasteiger partial charge >= 0.3 is 5.97 Å². The molecule has 1 N–H and O–H groups in total. The molecule has 0 unspecified atom stereocenters. The van der Waals surface area contributed by atoms with Crippen molar-refractivity contribution in [2.45, 2.75) is 45.8 Å². The zero-order chi connectivity index (χ0) is 19.4. The van der Waals surface area contributed by atoms with Crippen molar-refractivity contribution in [1.29, 1.82) is 0 Å². The van der Waals surface area contributed by atoms with Crippen LogP contribution in [0.5, 0.6) is 5.75 Å². The Labute approximate surface area is 167 Å². The number of rotatable bonds is 8. The van der Waals surface area contributed by atoms with Gasteiger partial charge in [0, 0.05) is 15.4 Å². The van der Waals surface area contributed by atoms with E-state index in [-0.39, 0.29) is 13.0 Å². The van der Waals surface area contributed by atoms with Gasteiger partial charge in [-0.05, 0) is 37.1 Å². The molecule has 3 aromatic rings. The SMILES string of the molecule is CCC(CC)n1nc(COc2ccccc2CC(=O)O)c2cc(Br)ccc21. The molecule has 5 nitrogen and oxygen atoms in total. The van der Waals surface area contributed by atoms with Crippen molar-refractivity contribution >= 4 is 32.8 Å². The van der Waals surface area contributed by atoms with E-state index in [1.54, 1.807) is 12.1 Å². The molecule has 0 fully saturated rings. The van der Waals surface area contributed by atoms with Crippen molar-refractivity contribution in [3.63, 3.8) is 0 Å². The highest BCUT2D eigenvalue weighted by Gasteiger charge is 2.17. The number of nitrogens with zero attached hydrogens (tertiary/aromatic N) is 2. The Hall–Kier alpha value is -2.34. The van der Waals surface area contributed by atoms with Crippen LogP contribution in [0.3, 0.4) is 0 Å². The largest absolute Gasteiger partial charge is 0.487 e. The Bertz CT molecular complexity index is 948. The molecular weight excluding hydrogens is 408 g/mol. The number of ether oxygens (including phenoxy) is 1. The summed E-state index contributed by atoms with van der Waals surface area (Å²) >= 11 is 3.54. The van der Waals surface area contributed by atoms with Gasteiger partial charge in [0.25, 0.3) is 0 Å². The van der Waals surface area contributed by atoms with Crippen LogP contribution in [0.4, 0.5) is 0 Å². The molecule has 0 saturated carbocycles. The van der Waals surface area contributed by atoms with Gasteiger partial charge in [0.05, 0.1) is 18.0 Å². The molecule has 1 heterocycles. The van der Waals surface area contributed by atoms with Crippen molar-refractivity contribution in [1.82, 2.24) is 9.78 Å². The van der Waals surface area contributed by atoms with Crippen LogP contribution in [0.2, 0.25) is 0 Å². The molecule has 0 aliphatic heterocycles. The van der Waals surface area contributed by atoms with Gasteiger partial charge in [-0.15, -0.1) is 0 Å². The maximum absolute atomic E-state index is 11.1. The lowest BCUT2D eigenvalue weighted by atomic mass is 10.1. The highest BCUT2D eigenvalue weighted by Crippen LogP contribution is 2.29. The fourth-order valence-corrected chi connectivity index (χ4v) is 3.66. The summed E-state index contributed by atoms with van der Waals surface area (Å²) in [5, 5.41) is 15.0. The van der Waals surface area contributed by atoms with E-state index < -0.39 is 5.97 Å². The lowest BCUT2D eigenvalue weighted by Gasteiger charge is -2.14. The Morgan fingerprint density at radius 3 is 2.67 bits per heavy atom. The zero-order valence-electron chi connectivity index (χ0n) is 15.5. The van der Waals surface area contributed by atoms with E-state index in [0.717, 1.165) is 33.9 Å². The first-order valence-electron chi connectivity index (χ1n) is 9.12. The molecule has 0 bridgehead atoms. The van der Waals surface area contributed by atoms with Gasteiger partial charge in [0.2, 0.25) is 0 Å². The number of halogens is 1. The molecule has 1 aromatic heterocycles. The summed E-state index contributed by atoms with van der Waals surface area (Å²) < 4.78 is 9.06. The van der Waals surface area contributed by atoms with Crippen LogP contribution in [-0.2, 0) is 17.8 Å². The molecule has 0 amide bonds. The second-order valence-corrected chi connectivity index (χ2v) is 7.41. The third-order valence-corrected chi connectivity index (χ3v) is 5.21. The van der Waals surface area contributed by atoms with E-state index in [1.165, 1.54) is 0 Å². The van der Waals surface area contributed by atoms with E-state index in [4.69, 9.17) is 14.9 Å². The molecule has 0 aliphatic rings. The maximum atomic E-state index is 11.1. The highest BCUT2D eigenvalue weighted by molar-refractivity contribution is 9.10. The van der Waals surface area contributed by atoms with E-state index >= 15 is 0 Å². The third-order valence-electron chi connectivity index (χ3n) is 4.71. The van der Waals surface area contributed by atoms with E-state index in [2.05, 4.69) is 46.6 Å². The number of fused-ring (bicyclic) bond motifs is 1. The van der Waals surface area contributed by atoms with E-state index in [1.807, 2.05) is 18.2 Å². The average Bonchev–Trinajstić information content (AvgIpc) is 2.99. The molecular formula is C21H23BrN2O3. The van der Waals surface area contributed by atoms with Gasteiger partial charge < -0.3 is 9.84 Å². The number of aromatic nitrogens is 2. The summed E-state index contributed by atoms with van der Waals surface area (Å²) in [7, 11) is 0. The summed E-state index contributed by atoms with van der Waals surface area (Å²) in [4.78, 5) is 11.1. The molecule has 3 rings (SSSR count). The predicted octanol–water partition coefficient (Wildman–Crippen LogP) is 5.37. The Morgan fingerprint density at radius 2 is 1.96 bits per heavy atom. The van der Waals surface area contributed by atoms with Crippen molar-refractivity contribution in [3.05, 3.63) is 58.2 Å². The minimum absolute atomic E-state index is 0.0648. The number of carbonyl (C=O) groups is 1. The molecule has 0 radical (unpaired) electrons. The van der Waals surface area contributed by atoms with Crippen molar-refractivity contribution < 1.29 is 14.6 Å². The summed E-state index contributed by atoms with van der Waals surface area (Å²) in [6, 6.07) is 13.7. The monoisotopic (exact) mass is 430 g/mol. The molecule has 142 valence electrons. The fraction of sp³-hybridized carbons (Fsp3) is 0.333. The van der Waals surface area contributed by atoms with Crippen LogP contribution in [-0.4, -0.2) is 20.9 Å². The van der Waals surface area contributed by atoms with Gasteiger partial charge in [-0.1, -0.05) is 48.0 Å². The Kier molecular flexibility index (Phi) is 6.16.